The quantitative estimate of drug-likeness (QED) is 0.590. The normalized spacial score (nSPS) is 20.9. The third-order valence-corrected chi connectivity index (χ3v) is 8.93. The summed E-state index contributed by atoms with van der Waals surface area (Å²) in [7, 11) is -1.46. The lowest BCUT2D eigenvalue weighted by atomic mass is 10.1. The third kappa shape index (κ3) is 1.45. The predicted octanol–water partition coefficient (Wildman–Crippen LogP) is 3.13. The van der Waals surface area contributed by atoms with E-state index in [1.165, 1.54) is 16.8 Å². The van der Waals surface area contributed by atoms with Crippen molar-refractivity contribution in [1.82, 2.24) is 0 Å². The van der Waals surface area contributed by atoms with Gasteiger partial charge in [0.15, 0.2) is 0 Å². The number of benzene rings is 3. The molecule has 3 aromatic carbocycles. The van der Waals surface area contributed by atoms with Crippen molar-refractivity contribution in [1.29, 1.82) is 0 Å². The fraction of sp³-hybridized carbons (Fsp3) is 0.111. The third-order valence-electron chi connectivity index (χ3n) is 4.54. The second-order valence-electron chi connectivity index (χ2n) is 5.69. The molecule has 0 amide bonds. The molecule has 4 rings (SSSR count). The van der Waals surface area contributed by atoms with Crippen molar-refractivity contribution in [3.8, 4) is 0 Å². The Labute approximate surface area is 114 Å². The molecule has 1 atom stereocenters. The van der Waals surface area contributed by atoms with Gasteiger partial charge in [-0.2, -0.15) is 0 Å². The summed E-state index contributed by atoms with van der Waals surface area (Å²) in [5, 5.41) is 6.06. The Morgan fingerprint density at radius 2 is 1.42 bits per heavy atom. The van der Waals surface area contributed by atoms with Crippen molar-refractivity contribution >= 4 is 29.2 Å². The summed E-state index contributed by atoms with van der Waals surface area (Å²) in [5.74, 6) is 0. The van der Waals surface area contributed by atoms with Crippen molar-refractivity contribution in [2.45, 2.75) is 12.6 Å². The number of rotatable bonds is 1. The van der Waals surface area contributed by atoms with Gasteiger partial charge in [0.25, 0.3) is 0 Å². The zero-order valence-corrected chi connectivity index (χ0v) is 12.1. The van der Waals surface area contributed by atoms with Crippen LogP contribution in [0.1, 0.15) is 5.56 Å². The molecular formula is C18H16Si. The van der Waals surface area contributed by atoms with Crippen molar-refractivity contribution in [2.24, 2.45) is 0 Å². The molecule has 1 heteroatoms. The first kappa shape index (κ1) is 11.0. The first-order chi connectivity index (χ1) is 9.29. The van der Waals surface area contributed by atoms with E-state index in [0.29, 0.717) is 0 Å². The van der Waals surface area contributed by atoms with E-state index < -0.39 is 8.07 Å². The molecule has 0 fully saturated rings. The van der Waals surface area contributed by atoms with Gasteiger partial charge in [-0.3, -0.25) is 0 Å². The van der Waals surface area contributed by atoms with Crippen LogP contribution in [-0.4, -0.2) is 8.07 Å². The van der Waals surface area contributed by atoms with E-state index in [-0.39, 0.29) is 0 Å². The monoisotopic (exact) mass is 260 g/mol. The lowest BCUT2D eigenvalue weighted by Crippen LogP contribution is -2.66. The molecule has 1 heterocycles. The van der Waals surface area contributed by atoms with E-state index >= 15 is 0 Å². The molecular weight excluding hydrogens is 244 g/mol. The fourth-order valence-electron chi connectivity index (χ4n) is 3.53. The SMILES string of the molecule is C[Si@@]1(c2cccc3ccccc23)Cc2ccccc21. The van der Waals surface area contributed by atoms with Gasteiger partial charge in [0, 0.05) is 0 Å². The van der Waals surface area contributed by atoms with Crippen LogP contribution < -0.4 is 10.4 Å². The highest BCUT2D eigenvalue weighted by Gasteiger charge is 2.42. The van der Waals surface area contributed by atoms with Crippen molar-refractivity contribution in [3.63, 3.8) is 0 Å². The lowest BCUT2D eigenvalue weighted by Gasteiger charge is -2.40. The molecule has 3 aromatic rings. The standard InChI is InChI=1S/C18H16Si/c1-19(13-15-8-3-5-11-17(15)19)18-12-6-9-14-7-2-4-10-16(14)18/h2-12H,13H2,1H3/t19-/m1/s1. The van der Waals surface area contributed by atoms with Gasteiger partial charge in [-0.15, -0.1) is 0 Å². The van der Waals surface area contributed by atoms with E-state index in [1.807, 2.05) is 0 Å². The minimum Gasteiger partial charge on any atom is -0.0623 e. The highest BCUT2D eigenvalue weighted by molar-refractivity contribution is 7.05. The molecule has 0 N–H and O–H groups in total. The summed E-state index contributed by atoms with van der Waals surface area (Å²) in [6.45, 7) is 2.51. The molecule has 1 aliphatic heterocycles. The summed E-state index contributed by atoms with van der Waals surface area (Å²) < 4.78 is 0. The Bertz CT molecular complexity index is 770. The summed E-state index contributed by atoms with van der Waals surface area (Å²) in [6.07, 6.45) is 0. The maximum absolute atomic E-state index is 2.51. The van der Waals surface area contributed by atoms with Gasteiger partial charge in [-0.05, 0) is 22.0 Å². The maximum Gasteiger partial charge on any atom is 0.120 e. The second kappa shape index (κ2) is 3.81. The Morgan fingerprint density at radius 3 is 2.32 bits per heavy atom. The number of fused-ring (bicyclic) bond motifs is 2. The van der Waals surface area contributed by atoms with Crippen molar-refractivity contribution in [2.75, 3.05) is 0 Å². The fourth-order valence-corrected chi connectivity index (χ4v) is 7.60. The van der Waals surface area contributed by atoms with Gasteiger partial charge in [0.1, 0.15) is 8.07 Å². The summed E-state index contributed by atoms with van der Waals surface area (Å²) in [6, 6.07) is 25.9. The summed E-state index contributed by atoms with van der Waals surface area (Å²) in [5.41, 5.74) is 1.56. The van der Waals surface area contributed by atoms with Crippen LogP contribution in [0.2, 0.25) is 6.55 Å². The van der Waals surface area contributed by atoms with Crippen LogP contribution >= 0.6 is 0 Å². The van der Waals surface area contributed by atoms with Gasteiger partial charge < -0.3 is 0 Å². The van der Waals surface area contributed by atoms with Gasteiger partial charge >= 0.3 is 0 Å². The van der Waals surface area contributed by atoms with Crippen LogP contribution in [0.25, 0.3) is 10.8 Å². The first-order valence-electron chi connectivity index (χ1n) is 6.86. The molecule has 0 radical (unpaired) electrons. The minimum atomic E-state index is -1.46. The van der Waals surface area contributed by atoms with Crippen LogP contribution in [0.5, 0.6) is 0 Å². The van der Waals surface area contributed by atoms with Crippen LogP contribution in [0.15, 0.2) is 66.7 Å². The molecule has 0 unspecified atom stereocenters. The van der Waals surface area contributed by atoms with Crippen LogP contribution in [0, 0.1) is 0 Å². The molecule has 1 aliphatic rings. The van der Waals surface area contributed by atoms with Crippen molar-refractivity contribution < 1.29 is 0 Å². The number of hydrogen-bond acceptors (Lipinski definition) is 0. The maximum atomic E-state index is 2.51. The second-order valence-corrected chi connectivity index (χ2v) is 9.79. The molecule has 92 valence electrons. The average Bonchev–Trinajstić information content (AvgIpc) is 2.45. The van der Waals surface area contributed by atoms with E-state index in [2.05, 4.69) is 73.3 Å². The zero-order valence-electron chi connectivity index (χ0n) is 11.1. The average molecular weight is 260 g/mol. The van der Waals surface area contributed by atoms with Gasteiger partial charge in [-0.25, -0.2) is 0 Å². The van der Waals surface area contributed by atoms with Crippen LogP contribution in [0.4, 0.5) is 0 Å². The Kier molecular flexibility index (Phi) is 2.21. The van der Waals surface area contributed by atoms with E-state index in [4.69, 9.17) is 0 Å². The largest absolute Gasteiger partial charge is 0.120 e. The number of hydrogen-bond donors (Lipinski definition) is 0. The molecule has 0 saturated carbocycles. The molecule has 0 bridgehead atoms. The summed E-state index contributed by atoms with van der Waals surface area (Å²) in [4.78, 5) is 0. The molecule has 0 aliphatic carbocycles. The van der Waals surface area contributed by atoms with E-state index in [1.54, 1.807) is 15.9 Å². The molecule has 19 heavy (non-hydrogen) atoms. The highest BCUT2D eigenvalue weighted by Crippen LogP contribution is 2.25. The van der Waals surface area contributed by atoms with Gasteiger partial charge in [0.2, 0.25) is 0 Å². The predicted molar refractivity (Wildman–Crippen MR) is 85.0 cm³/mol. The zero-order chi connectivity index (χ0) is 12.9. The van der Waals surface area contributed by atoms with Crippen LogP contribution in [-0.2, 0) is 6.04 Å². The van der Waals surface area contributed by atoms with Crippen LogP contribution in [0.3, 0.4) is 0 Å². The van der Waals surface area contributed by atoms with Crippen molar-refractivity contribution in [3.05, 3.63) is 72.3 Å². The van der Waals surface area contributed by atoms with E-state index in [9.17, 15) is 0 Å². The topological polar surface area (TPSA) is 0 Å². The highest BCUT2D eigenvalue weighted by atomic mass is 28.3. The van der Waals surface area contributed by atoms with Gasteiger partial charge in [-0.1, -0.05) is 84.0 Å². The lowest BCUT2D eigenvalue weighted by molar-refractivity contribution is 1.28. The van der Waals surface area contributed by atoms with E-state index in [0.717, 1.165) is 0 Å². The molecule has 0 saturated heterocycles. The Balaban J connectivity index is 1.98. The molecule has 0 aromatic heterocycles. The van der Waals surface area contributed by atoms with Gasteiger partial charge in [0.05, 0.1) is 0 Å². The Hall–Kier alpha value is -1.86. The molecule has 0 nitrogen and oxygen atoms in total. The first-order valence-corrected chi connectivity index (χ1v) is 9.56. The summed E-state index contributed by atoms with van der Waals surface area (Å²) >= 11 is 0. The minimum absolute atomic E-state index is 1.29. The Morgan fingerprint density at radius 1 is 0.737 bits per heavy atom. The molecule has 0 spiro atoms. The smallest absolute Gasteiger partial charge is 0.0623 e.